The number of carbonyl (C=O) groups is 1. The fraction of sp³-hybridized carbons (Fsp3) is 0.188. The van der Waals surface area contributed by atoms with Gasteiger partial charge in [0.05, 0.1) is 16.1 Å². The van der Waals surface area contributed by atoms with Crippen molar-refractivity contribution in [1.29, 1.82) is 0 Å². The number of amides is 1. The maximum absolute atomic E-state index is 12.3. The van der Waals surface area contributed by atoms with Crippen LogP contribution in [0.4, 0.5) is 5.13 Å². The van der Waals surface area contributed by atoms with Crippen molar-refractivity contribution < 1.29 is 4.79 Å². The number of thiazole rings is 1. The number of aromatic amines is 1. The Kier molecular flexibility index (Phi) is 4.86. The number of allylic oxidation sites excluding steroid dienone is 1. The second kappa shape index (κ2) is 7.08. The lowest BCUT2D eigenvalue weighted by Gasteiger charge is -2.02. The van der Waals surface area contributed by atoms with Gasteiger partial charge in [-0.1, -0.05) is 17.4 Å². The molecule has 0 aromatic carbocycles. The molecule has 7 nitrogen and oxygen atoms in total. The number of rotatable bonds is 5. The number of H-pyrrole nitrogens is 1. The number of hydrogen-bond donors (Lipinski definition) is 2. The molecule has 9 heteroatoms. The van der Waals surface area contributed by atoms with Crippen molar-refractivity contribution in [1.82, 2.24) is 24.7 Å². The molecule has 0 fully saturated rings. The molecule has 128 valence electrons. The third-order valence-corrected chi connectivity index (χ3v) is 4.84. The molecule has 0 saturated carbocycles. The van der Waals surface area contributed by atoms with E-state index in [1.165, 1.54) is 11.3 Å². The van der Waals surface area contributed by atoms with Crippen LogP contribution in [0.3, 0.4) is 0 Å². The lowest BCUT2D eigenvalue weighted by Crippen LogP contribution is -2.12. The van der Waals surface area contributed by atoms with Crippen LogP contribution in [0.2, 0.25) is 0 Å². The van der Waals surface area contributed by atoms with Crippen molar-refractivity contribution >= 4 is 34.6 Å². The van der Waals surface area contributed by atoms with Gasteiger partial charge in [0, 0.05) is 18.4 Å². The molecule has 0 aliphatic rings. The van der Waals surface area contributed by atoms with Crippen molar-refractivity contribution in [2.45, 2.75) is 20.4 Å². The van der Waals surface area contributed by atoms with E-state index in [9.17, 15) is 4.79 Å². The van der Waals surface area contributed by atoms with Crippen LogP contribution in [0, 0.1) is 18.6 Å². The Bertz CT molecular complexity index is 983. The lowest BCUT2D eigenvalue weighted by molar-refractivity contribution is 0.102. The number of nitrogens with zero attached hydrogens (tertiary/aromatic N) is 4. The molecule has 0 atom stereocenters. The summed E-state index contributed by atoms with van der Waals surface area (Å²) in [6.45, 7) is 8.01. The highest BCUT2D eigenvalue weighted by Gasteiger charge is 2.17. The summed E-state index contributed by atoms with van der Waals surface area (Å²) in [6, 6.07) is 3.52. The average molecular weight is 372 g/mol. The molecule has 0 spiro atoms. The topological polar surface area (TPSA) is 88.5 Å². The van der Waals surface area contributed by atoms with E-state index < -0.39 is 0 Å². The molecule has 0 radical (unpaired) electrons. The Morgan fingerprint density at radius 1 is 1.48 bits per heavy atom. The summed E-state index contributed by atoms with van der Waals surface area (Å²) in [5, 5.41) is 10.4. The number of anilines is 1. The molecule has 0 aliphatic carbocycles. The number of pyridine rings is 1. The van der Waals surface area contributed by atoms with Gasteiger partial charge in [-0.2, -0.15) is 5.10 Å². The highest BCUT2D eigenvalue weighted by molar-refractivity contribution is 7.71. The zero-order chi connectivity index (χ0) is 18.0. The van der Waals surface area contributed by atoms with E-state index in [4.69, 9.17) is 12.2 Å². The summed E-state index contributed by atoms with van der Waals surface area (Å²) < 4.78 is 2.34. The number of nitrogens with one attached hydrogen (secondary N) is 2. The van der Waals surface area contributed by atoms with Gasteiger partial charge in [0.25, 0.3) is 5.91 Å². The first-order valence-electron chi connectivity index (χ1n) is 7.47. The van der Waals surface area contributed by atoms with E-state index in [1.807, 2.05) is 18.4 Å². The van der Waals surface area contributed by atoms with Crippen molar-refractivity contribution in [2.24, 2.45) is 0 Å². The van der Waals surface area contributed by atoms with Gasteiger partial charge < -0.3 is 0 Å². The van der Waals surface area contributed by atoms with Crippen LogP contribution in [0.1, 0.15) is 21.7 Å². The fourth-order valence-corrected chi connectivity index (χ4v) is 3.39. The summed E-state index contributed by atoms with van der Waals surface area (Å²) in [7, 11) is 0. The van der Waals surface area contributed by atoms with Crippen LogP contribution < -0.4 is 5.32 Å². The summed E-state index contributed by atoms with van der Waals surface area (Å²) in [6.07, 6.45) is 3.29. The van der Waals surface area contributed by atoms with Crippen LogP contribution >= 0.6 is 23.6 Å². The molecule has 3 heterocycles. The van der Waals surface area contributed by atoms with Crippen LogP contribution in [-0.4, -0.2) is 30.6 Å². The molecule has 3 aromatic heterocycles. The Balaban J connectivity index is 1.88. The van der Waals surface area contributed by atoms with Gasteiger partial charge in [0.1, 0.15) is 0 Å². The number of hydrogen-bond acceptors (Lipinski definition) is 6. The molecule has 0 saturated heterocycles. The first-order valence-corrected chi connectivity index (χ1v) is 8.70. The molecular weight excluding hydrogens is 356 g/mol. The van der Waals surface area contributed by atoms with Crippen LogP contribution in [-0.2, 0) is 6.54 Å². The third-order valence-electron chi connectivity index (χ3n) is 3.46. The fourth-order valence-electron chi connectivity index (χ4n) is 2.22. The largest absolute Gasteiger partial charge is 0.298 e. The monoisotopic (exact) mass is 372 g/mol. The summed E-state index contributed by atoms with van der Waals surface area (Å²) in [5.41, 5.74) is 2.10. The molecule has 0 bridgehead atoms. The first kappa shape index (κ1) is 17.2. The molecule has 2 N–H and O–H groups in total. The van der Waals surface area contributed by atoms with Crippen molar-refractivity contribution in [3.05, 3.63) is 52.7 Å². The maximum Gasteiger partial charge on any atom is 0.259 e. The van der Waals surface area contributed by atoms with Gasteiger partial charge in [-0.25, -0.2) is 4.98 Å². The number of carbonyl (C=O) groups excluding carboxylic acids is 1. The van der Waals surface area contributed by atoms with Gasteiger partial charge in [-0.3, -0.25) is 24.8 Å². The molecule has 0 unspecified atom stereocenters. The van der Waals surface area contributed by atoms with Gasteiger partial charge in [0.15, 0.2) is 15.7 Å². The number of aryl methyl sites for hydroxylation is 2. The Hall–Kier alpha value is -2.65. The quantitative estimate of drug-likeness (QED) is 0.528. The Labute approximate surface area is 153 Å². The predicted molar refractivity (Wildman–Crippen MR) is 100 cm³/mol. The molecule has 3 rings (SSSR count). The average Bonchev–Trinajstić information content (AvgIpc) is 3.11. The minimum Gasteiger partial charge on any atom is -0.298 e. The van der Waals surface area contributed by atoms with Gasteiger partial charge in [0.2, 0.25) is 0 Å². The molecule has 0 aliphatic heterocycles. The zero-order valence-corrected chi connectivity index (χ0v) is 15.4. The molecule has 3 aromatic rings. The Morgan fingerprint density at radius 3 is 2.96 bits per heavy atom. The van der Waals surface area contributed by atoms with E-state index in [-0.39, 0.29) is 5.91 Å². The van der Waals surface area contributed by atoms with Crippen molar-refractivity contribution in [2.75, 3.05) is 5.32 Å². The van der Waals surface area contributed by atoms with E-state index in [0.717, 1.165) is 16.3 Å². The van der Waals surface area contributed by atoms with E-state index in [0.29, 0.717) is 27.8 Å². The summed E-state index contributed by atoms with van der Waals surface area (Å²) >= 11 is 6.58. The SMILES string of the molecule is C=CCn1c(-c2sc(NC(=O)c3ccc(C)nc3)nc2C)n[nH]c1=S. The van der Waals surface area contributed by atoms with Crippen LogP contribution in [0.5, 0.6) is 0 Å². The standard InChI is InChI=1S/C16H16N6OS2/c1-4-7-22-13(20-21-16(22)24)12-10(3)18-15(25-12)19-14(23)11-6-5-9(2)17-8-11/h4-6,8H,1,7H2,2-3H3,(H,21,24)(H,18,19,23). The maximum atomic E-state index is 12.3. The molecular formula is C16H16N6OS2. The van der Waals surface area contributed by atoms with E-state index in [1.54, 1.807) is 24.4 Å². The first-order chi connectivity index (χ1) is 12.0. The normalized spacial score (nSPS) is 10.6. The number of aromatic nitrogens is 5. The highest BCUT2D eigenvalue weighted by atomic mass is 32.1. The van der Waals surface area contributed by atoms with Gasteiger partial charge in [-0.15, -0.1) is 6.58 Å². The highest BCUT2D eigenvalue weighted by Crippen LogP contribution is 2.31. The van der Waals surface area contributed by atoms with Crippen LogP contribution in [0.25, 0.3) is 10.7 Å². The second-order valence-electron chi connectivity index (χ2n) is 5.33. The predicted octanol–water partition coefficient (Wildman–Crippen LogP) is 3.51. The van der Waals surface area contributed by atoms with Crippen LogP contribution in [0.15, 0.2) is 31.0 Å². The minimum absolute atomic E-state index is 0.252. The second-order valence-corrected chi connectivity index (χ2v) is 6.71. The molecule has 25 heavy (non-hydrogen) atoms. The van der Waals surface area contributed by atoms with Gasteiger partial charge >= 0.3 is 0 Å². The van der Waals surface area contributed by atoms with E-state index in [2.05, 4.69) is 32.1 Å². The van der Waals surface area contributed by atoms with Gasteiger partial charge in [-0.05, 0) is 38.2 Å². The molecule has 1 amide bonds. The third kappa shape index (κ3) is 3.57. The summed E-state index contributed by atoms with van der Waals surface area (Å²) in [5.74, 6) is 0.426. The van der Waals surface area contributed by atoms with Crippen molar-refractivity contribution in [3.63, 3.8) is 0 Å². The smallest absolute Gasteiger partial charge is 0.259 e. The van der Waals surface area contributed by atoms with Crippen molar-refractivity contribution in [3.8, 4) is 10.7 Å². The minimum atomic E-state index is -0.252. The lowest BCUT2D eigenvalue weighted by atomic mass is 10.2. The summed E-state index contributed by atoms with van der Waals surface area (Å²) in [4.78, 5) is 21.7. The Morgan fingerprint density at radius 2 is 2.28 bits per heavy atom. The van der Waals surface area contributed by atoms with E-state index >= 15 is 0 Å². The zero-order valence-electron chi connectivity index (χ0n) is 13.7.